The van der Waals surface area contributed by atoms with Gasteiger partial charge in [0.05, 0.1) is 22.6 Å². The standard InChI is InChI=1S/C15H14ClN5O/c1-8-13(14(17)15(22)21(2)20-8)12-7-11(18-19-12)9-3-5-10(16)6-4-9/h3-7H,17H2,1-2H3,(H,18,19). The molecule has 2 heterocycles. The van der Waals surface area contributed by atoms with Gasteiger partial charge in [0.25, 0.3) is 5.56 Å². The highest BCUT2D eigenvalue weighted by Crippen LogP contribution is 2.28. The molecule has 0 aliphatic rings. The van der Waals surface area contributed by atoms with Gasteiger partial charge in [-0.2, -0.15) is 10.2 Å². The van der Waals surface area contributed by atoms with Gasteiger partial charge in [-0.05, 0) is 25.1 Å². The van der Waals surface area contributed by atoms with E-state index >= 15 is 0 Å². The lowest BCUT2D eigenvalue weighted by atomic mass is 10.1. The van der Waals surface area contributed by atoms with E-state index in [0.29, 0.717) is 22.0 Å². The van der Waals surface area contributed by atoms with Crippen molar-refractivity contribution in [2.75, 3.05) is 5.73 Å². The van der Waals surface area contributed by atoms with Crippen LogP contribution in [0.4, 0.5) is 5.69 Å². The van der Waals surface area contributed by atoms with E-state index in [2.05, 4.69) is 15.3 Å². The third-order valence-corrected chi connectivity index (χ3v) is 3.69. The SMILES string of the molecule is Cc1nn(C)c(=O)c(N)c1-c1cc(-c2ccc(Cl)cc2)n[nH]1. The van der Waals surface area contributed by atoms with Gasteiger partial charge in [-0.1, -0.05) is 23.7 Å². The number of rotatable bonds is 2. The van der Waals surface area contributed by atoms with Crippen LogP contribution in [-0.2, 0) is 7.05 Å². The number of nitrogens with two attached hydrogens (primary N) is 1. The topological polar surface area (TPSA) is 89.6 Å². The second-order valence-electron chi connectivity index (χ2n) is 4.98. The predicted octanol–water partition coefficient (Wildman–Crippen LogP) is 2.38. The average Bonchev–Trinajstić information content (AvgIpc) is 2.95. The van der Waals surface area contributed by atoms with Gasteiger partial charge in [0.1, 0.15) is 5.69 Å². The Hall–Kier alpha value is -2.60. The molecule has 0 fully saturated rings. The van der Waals surface area contributed by atoms with Crippen molar-refractivity contribution in [1.82, 2.24) is 20.0 Å². The Kier molecular flexibility index (Phi) is 3.46. The van der Waals surface area contributed by atoms with Gasteiger partial charge in [-0.25, -0.2) is 4.68 Å². The molecule has 3 rings (SSSR count). The fraction of sp³-hybridized carbons (Fsp3) is 0.133. The normalized spacial score (nSPS) is 10.9. The number of hydrogen-bond acceptors (Lipinski definition) is 4. The Labute approximate surface area is 131 Å². The number of aromatic nitrogens is 4. The van der Waals surface area contributed by atoms with E-state index in [1.54, 1.807) is 26.1 Å². The number of halogens is 1. The summed E-state index contributed by atoms with van der Waals surface area (Å²) in [5, 5.41) is 12.0. The van der Waals surface area contributed by atoms with E-state index in [1.807, 2.05) is 18.2 Å². The molecule has 3 N–H and O–H groups in total. The Bertz CT molecular complexity index is 895. The molecule has 112 valence electrons. The average molecular weight is 316 g/mol. The summed E-state index contributed by atoms with van der Waals surface area (Å²) >= 11 is 5.88. The third kappa shape index (κ3) is 2.37. The second kappa shape index (κ2) is 5.31. The number of aromatic amines is 1. The highest BCUT2D eigenvalue weighted by atomic mass is 35.5. The van der Waals surface area contributed by atoms with Crippen molar-refractivity contribution in [2.24, 2.45) is 7.05 Å². The molecule has 1 aromatic carbocycles. The predicted molar refractivity (Wildman–Crippen MR) is 86.7 cm³/mol. The Morgan fingerprint density at radius 3 is 2.64 bits per heavy atom. The van der Waals surface area contributed by atoms with Crippen molar-refractivity contribution in [3.63, 3.8) is 0 Å². The summed E-state index contributed by atoms with van der Waals surface area (Å²) < 4.78 is 1.23. The van der Waals surface area contributed by atoms with E-state index in [-0.39, 0.29) is 11.2 Å². The van der Waals surface area contributed by atoms with Crippen LogP contribution in [0.15, 0.2) is 35.1 Å². The molecule has 0 atom stereocenters. The van der Waals surface area contributed by atoms with E-state index in [9.17, 15) is 4.79 Å². The Balaban J connectivity index is 2.10. The van der Waals surface area contributed by atoms with Gasteiger partial charge in [-0.3, -0.25) is 9.89 Å². The lowest BCUT2D eigenvalue weighted by Crippen LogP contribution is -2.24. The molecule has 7 heteroatoms. The second-order valence-corrected chi connectivity index (χ2v) is 5.41. The van der Waals surface area contributed by atoms with E-state index < -0.39 is 0 Å². The number of hydrogen-bond donors (Lipinski definition) is 2. The molecule has 3 aromatic rings. The monoisotopic (exact) mass is 315 g/mol. The largest absolute Gasteiger partial charge is 0.394 e. The molecular weight excluding hydrogens is 302 g/mol. The fourth-order valence-electron chi connectivity index (χ4n) is 2.35. The van der Waals surface area contributed by atoms with Gasteiger partial charge >= 0.3 is 0 Å². The Morgan fingerprint density at radius 1 is 1.27 bits per heavy atom. The first-order valence-electron chi connectivity index (χ1n) is 6.62. The van der Waals surface area contributed by atoms with Crippen molar-refractivity contribution in [1.29, 1.82) is 0 Å². The number of nitrogen functional groups attached to an aromatic ring is 1. The summed E-state index contributed by atoms with van der Waals surface area (Å²) in [5.74, 6) is 0. The molecule has 6 nitrogen and oxygen atoms in total. The number of nitrogens with zero attached hydrogens (tertiary/aromatic N) is 3. The van der Waals surface area contributed by atoms with Gasteiger partial charge in [0.2, 0.25) is 0 Å². The van der Waals surface area contributed by atoms with Crippen molar-refractivity contribution in [3.8, 4) is 22.5 Å². The van der Waals surface area contributed by atoms with Crippen LogP contribution in [0.3, 0.4) is 0 Å². The summed E-state index contributed by atoms with van der Waals surface area (Å²) in [4.78, 5) is 12.0. The molecule has 0 unspecified atom stereocenters. The molecule has 0 aliphatic heterocycles. The number of anilines is 1. The van der Waals surface area contributed by atoms with Crippen molar-refractivity contribution in [3.05, 3.63) is 51.4 Å². The van der Waals surface area contributed by atoms with Crippen LogP contribution < -0.4 is 11.3 Å². The summed E-state index contributed by atoms with van der Waals surface area (Å²) in [7, 11) is 1.57. The molecular formula is C15H14ClN5O. The molecule has 2 aromatic heterocycles. The lowest BCUT2D eigenvalue weighted by molar-refractivity contribution is 0.697. The van der Waals surface area contributed by atoms with Crippen LogP contribution in [0.5, 0.6) is 0 Å². The van der Waals surface area contributed by atoms with Gasteiger partial charge in [-0.15, -0.1) is 0 Å². The molecule has 0 saturated heterocycles. The van der Waals surface area contributed by atoms with E-state index in [4.69, 9.17) is 17.3 Å². The molecule has 0 amide bonds. The van der Waals surface area contributed by atoms with Crippen LogP contribution in [-0.4, -0.2) is 20.0 Å². The minimum absolute atomic E-state index is 0.154. The molecule has 0 spiro atoms. The maximum Gasteiger partial charge on any atom is 0.290 e. The lowest BCUT2D eigenvalue weighted by Gasteiger charge is -2.07. The zero-order chi connectivity index (χ0) is 15.9. The van der Waals surface area contributed by atoms with Crippen LogP contribution in [0.25, 0.3) is 22.5 Å². The molecule has 0 bridgehead atoms. The number of nitrogens with one attached hydrogen (secondary N) is 1. The minimum Gasteiger partial charge on any atom is -0.394 e. The molecule has 0 radical (unpaired) electrons. The van der Waals surface area contributed by atoms with Crippen LogP contribution in [0.1, 0.15) is 5.69 Å². The smallest absolute Gasteiger partial charge is 0.290 e. The van der Waals surface area contributed by atoms with Crippen LogP contribution in [0, 0.1) is 6.92 Å². The zero-order valence-corrected chi connectivity index (χ0v) is 12.8. The Morgan fingerprint density at radius 2 is 1.95 bits per heavy atom. The van der Waals surface area contributed by atoms with Crippen molar-refractivity contribution < 1.29 is 0 Å². The summed E-state index contributed by atoms with van der Waals surface area (Å²) in [6.07, 6.45) is 0. The summed E-state index contributed by atoms with van der Waals surface area (Å²) in [6, 6.07) is 9.18. The van der Waals surface area contributed by atoms with E-state index in [0.717, 1.165) is 11.3 Å². The first-order valence-corrected chi connectivity index (χ1v) is 7.00. The van der Waals surface area contributed by atoms with Gasteiger partial charge in [0.15, 0.2) is 0 Å². The molecule has 0 aliphatic carbocycles. The zero-order valence-electron chi connectivity index (χ0n) is 12.1. The first kappa shape index (κ1) is 14.3. The summed E-state index contributed by atoms with van der Waals surface area (Å²) in [6.45, 7) is 1.80. The number of H-pyrrole nitrogens is 1. The van der Waals surface area contributed by atoms with Crippen molar-refractivity contribution >= 4 is 17.3 Å². The minimum atomic E-state index is -0.330. The summed E-state index contributed by atoms with van der Waals surface area (Å²) in [5.41, 5.74) is 9.32. The maximum atomic E-state index is 12.0. The highest BCUT2D eigenvalue weighted by Gasteiger charge is 2.15. The highest BCUT2D eigenvalue weighted by molar-refractivity contribution is 6.30. The number of benzene rings is 1. The van der Waals surface area contributed by atoms with Gasteiger partial charge < -0.3 is 5.73 Å². The van der Waals surface area contributed by atoms with Crippen molar-refractivity contribution in [2.45, 2.75) is 6.92 Å². The van der Waals surface area contributed by atoms with Crippen LogP contribution in [0.2, 0.25) is 5.02 Å². The maximum absolute atomic E-state index is 12.0. The van der Waals surface area contributed by atoms with E-state index in [1.165, 1.54) is 4.68 Å². The quantitative estimate of drug-likeness (QED) is 0.759. The third-order valence-electron chi connectivity index (χ3n) is 3.44. The first-order chi connectivity index (χ1) is 10.5. The molecule has 0 saturated carbocycles. The fourth-order valence-corrected chi connectivity index (χ4v) is 2.48. The van der Waals surface area contributed by atoms with Gasteiger partial charge in [0, 0.05) is 17.6 Å². The van der Waals surface area contributed by atoms with Crippen LogP contribution >= 0.6 is 11.6 Å². The molecule has 22 heavy (non-hydrogen) atoms. The number of aryl methyl sites for hydroxylation is 2.